The average Bonchev–Trinajstić information content (AvgIpc) is 2.85. The van der Waals surface area contributed by atoms with Crippen molar-refractivity contribution >= 4 is 22.7 Å². The molecule has 0 aliphatic heterocycles. The van der Waals surface area contributed by atoms with Gasteiger partial charge in [0.15, 0.2) is 5.82 Å². The number of aromatic nitrogens is 2. The van der Waals surface area contributed by atoms with Crippen molar-refractivity contribution in [2.45, 2.75) is 52.4 Å². The summed E-state index contributed by atoms with van der Waals surface area (Å²) in [6.45, 7) is 12.4. The Morgan fingerprint density at radius 3 is 2.04 bits per heavy atom. The molecule has 0 amide bonds. The van der Waals surface area contributed by atoms with Crippen LogP contribution in [0, 0.1) is 5.41 Å². The van der Waals surface area contributed by atoms with Crippen molar-refractivity contribution < 1.29 is 5.11 Å². The smallest absolute Gasteiger partial charge is 0.238 e. The van der Waals surface area contributed by atoms with Crippen LogP contribution in [0.25, 0.3) is 11.4 Å². The normalized spacial score (nSPS) is 12.1. The molecule has 0 fully saturated rings. The van der Waals surface area contributed by atoms with Crippen molar-refractivity contribution in [1.29, 1.82) is 5.41 Å². The van der Waals surface area contributed by atoms with Crippen LogP contribution in [0.1, 0.15) is 52.7 Å². The fourth-order valence-corrected chi connectivity index (χ4v) is 2.86. The zero-order valence-electron chi connectivity index (χ0n) is 14.4. The first kappa shape index (κ1) is 17.3. The Labute approximate surface area is 140 Å². The monoisotopic (exact) mass is 330 g/mol. The minimum Gasteiger partial charge on any atom is -0.507 e. The third-order valence-electron chi connectivity index (χ3n) is 3.55. The van der Waals surface area contributed by atoms with Crippen molar-refractivity contribution in [3.05, 3.63) is 23.3 Å². The number of rotatable bonds is 2. The highest BCUT2D eigenvalue weighted by molar-refractivity contribution is 7.09. The number of hydrogen-bond acceptors (Lipinski definition) is 6. The number of aromatic hydroxyl groups is 1. The summed E-state index contributed by atoms with van der Waals surface area (Å²) < 4.78 is 4.31. The van der Waals surface area contributed by atoms with E-state index in [4.69, 9.17) is 5.41 Å². The van der Waals surface area contributed by atoms with E-state index in [2.05, 4.69) is 55.9 Å². The molecule has 0 saturated carbocycles. The molecule has 122 valence electrons. The summed E-state index contributed by atoms with van der Waals surface area (Å²) in [6, 6.07) is 5.84. The molecule has 0 aliphatic rings. The van der Waals surface area contributed by atoms with Crippen molar-refractivity contribution in [1.82, 2.24) is 9.36 Å². The first-order valence-corrected chi connectivity index (χ1v) is 8.16. The van der Waals surface area contributed by atoms with E-state index in [0.29, 0.717) is 16.7 Å². The summed E-state index contributed by atoms with van der Waals surface area (Å²) in [4.78, 5) is 8.05. The van der Waals surface area contributed by atoms with Gasteiger partial charge in [-0.2, -0.15) is 14.3 Å². The van der Waals surface area contributed by atoms with Crippen LogP contribution in [-0.4, -0.2) is 20.5 Å². The fraction of sp³-hybridized carbons (Fsp3) is 0.471. The topological polar surface area (TPSA) is 82.2 Å². The molecule has 0 spiro atoms. The van der Waals surface area contributed by atoms with E-state index in [-0.39, 0.29) is 10.8 Å². The van der Waals surface area contributed by atoms with Crippen molar-refractivity contribution in [3.63, 3.8) is 0 Å². The van der Waals surface area contributed by atoms with Gasteiger partial charge in [0.1, 0.15) is 5.75 Å². The molecule has 1 aromatic heterocycles. The van der Waals surface area contributed by atoms with Gasteiger partial charge in [-0.25, -0.2) is 5.41 Å². The number of phenolic OH excluding ortho intramolecular Hbond substituents is 1. The van der Waals surface area contributed by atoms with Crippen LogP contribution in [0.2, 0.25) is 0 Å². The first-order valence-electron chi connectivity index (χ1n) is 7.38. The standard InChI is InChI=1S/C17H22N4OS/c1-16(2,3)11-7-10(8-12(13(11)22)17(4,5)6)14-20-15(19-9-18)23-21-14/h7-8,18,22H,1-6H3. The predicted molar refractivity (Wildman–Crippen MR) is 94.2 cm³/mol. The van der Waals surface area contributed by atoms with E-state index in [1.165, 1.54) is 0 Å². The minimum absolute atomic E-state index is 0.202. The number of aliphatic imine (C=N–C) groups is 1. The molecular formula is C17H22N4OS. The molecule has 6 heteroatoms. The van der Waals surface area contributed by atoms with E-state index in [9.17, 15) is 5.11 Å². The van der Waals surface area contributed by atoms with Crippen molar-refractivity contribution in [2.75, 3.05) is 0 Å². The maximum absolute atomic E-state index is 10.7. The maximum atomic E-state index is 10.7. The maximum Gasteiger partial charge on any atom is 0.238 e. The van der Waals surface area contributed by atoms with Gasteiger partial charge in [0.25, 0.3) is 0 Å². The SMILES string of the molecule is CC(C)(C)c1cc(-c2nsc(N=C=N)n2)cc(C(C)(C)C)c1O. The van der Waals surface area contributed by atoms with E-state index in [0.717, 1.165) is 28.2 Å². The molecule has 0 aliphatic carbocycles. The molecule has 0 saturated heterocycles. The number of nitrogens with one attached hydrogen (secondary N) is 1. The number of nitrogens with zero attached hydrogens (tertiary/aromatic N) is 3. The molecule has 1 aromatic carbocycles. The molecule has 2 aromatic rings. The second-order valence-corrected chi connectivity index (χ2v) is 8.27. The van der Waals surface area contributed by atoms with Gasteiger partial charge in [-0.05, 0) is 23.0 Å². The molecule has 23 heavy (non-hydrogen) atoms. The molecule has 5 nitrogen and oxygen atoms in total. The van der Waals surface area contributed by atoms with Gasteiger partial charge in [0.05, 0.1) is 6.01 Å². The third-order valence-corrected chi connectivity index (χ3v) is 4.16. The van der Waals surface area contributed by atoms with Gasteiger partial charge in [-0.1, -0.05) is 41.5 Å². The van der Waals surface area contributed by atoms with Crippen molar-refractivity contribution in [2.24, 2.45) is 4.99 Å². The van der Waals surface area contributed by atoms with Crippen LogP contribution >= 0.6 is 11.5 Å². The zero-order valence-corrected chi connectivity index (χ0v) is 15.2. The van der Waals surface area contributed by atoms with Crippen molar-refractivity contribution in [3.8, 4) is 17.1 Å². The van der Waals surface area contributed by atoms with Gasteiger partial charge in [0, 0.05) is 28.2 Å². The average molecular weight is 330 g/mol. The summed E-state index contributed by atoms with van der Waals surface area (Å²) in [5.74, 6) is 0.890. The van der Waals surface area contributed by atoms with Gasteiger partial charge in [0.2, 0.25) is 5.13 Å². The summed E-state index contributed by atoms with van der Waals surface area (Å²) in [7, 11) is 0. The van der Waals surface area contributed by atoms with E-state index < -0.39 is 0 Å². The molecule has 0 atom stereocenters. The lowest BCUT2D eigenvalue weighted by Crippen LogP contribution is -2.17. The van der Waals surface area contributed by atoms with E-state index >= 15 is 0 Å². The summed E-state index contributed by atoms with van der Waals surface area (Å²) in [5.41, 5.74) is 2.18. The van der Waals surface area contributed by atoms with Crippen LogP contribution < -0.4 is 0 Å². The Bertz CT molecular complexity index is 740. The van der Waals surface area contributed by atoms with Gasteiger partial charge in [-0.3, -0.25) is 0 Å². The van der Waals surface area contributed by atoms with E-state index in [1.807, 2.05) is 18.1 Å². The number of hydrogen-bond donors (Lipinski definition) is 2. The summed E-state index contributed by atoms with van der Waals surface area (Å²) in [6.07, 6.45) is 0. The molecule has 2 rings (SSSR count). The van der Waals surface area contributed by atoms with Crippen LogP contribution in [0.15, 0.2) is 17.1 Å². The fourth-order valence-electron chi connectivity index (χ4n) is 2.33. The summed E-state index contributed by atoms with van der Waals surface area (Å²) >= 11 is 1.13. The number of phenols is 1. The molecule has 0 bridgehead atoms. The zero-order chi connectivity index (χ0) is 17.4. The lowest BCUT2D eigenvalue weighted by Gasteiger charge is -2.27. The van der Waals surface area contributed by atoms with Crippen LogP contribution in [0.5, 0.6) is 5.75 Å². The molecular weight excluding hydrogens is 308 g/mol. The van der Waals surface area contributed by atoms with Crippen LogP contribution in [0.4, 0.5) is 5.13 Å². The lowest BCUT2D eigenvalue weighted by atomic mass is 9.78. The Morgan fingerprint density at radius 2 is 1.61 bits per heavy atom. The van der Waals surface area contributed by atoms with E-state index in [1.54, 1.807) is 0 Å². The predicted octanol–water partition coefficient (Wildman–Crippen LogP) is 4.89. The second-order valence-electron chi connectivity index (χ2n) is 7.54. The van der Waals surface area contributed by atoms with Crippen LogP contribution in [0.3, 0.4) is 0 Å². The first-order chi connectivity index (χ1) is 10.5. The third kappa shape index (κ3) is 3.66. The lowest BCUT2D eigenvalue weighted by molar-refractivity contribution is 0.423. The van der Waals surface area contributed by atoms with Gasteiger partial charge in [-0.15, -0.1) is 0 Å². The highest BCUT2D eigenvalue weighted by Crippen LogP contribution is 2.41. The highest BCUT2D eigenvalue weighted by Gasteiger charge is 2.27. The highest BCUT2D eigenvalue weighted by atomic mass is 32.1. The molecule has 1 heterocycles. The Kier molecular flexibility index (Phi) is 4.42. The van der Waals surface area contributed by atoms with Crippen LogP contribution in [-0.2, 0) is 10.8 Å². The summed E-state index contributed by atoms with van der Waals surface area (Å²) in [5, 5.41) is 18.0. The quantitative estimate of drug-likeness (QED) is 0.769. The Balaban J connectivity index is 2.71. The molecule has 0 radical (unpaired) electrons. The Morgan fingerprint density at radius 1 is 1.09 bits per heavy atom. The largest absolute Gasteiger partial charge is 0.507 e. The Hall–Kier alpha value is -2.04. The molecule has 2 N–H and O–H groups in total. The second kappa shape index (κ2) is 5.87. The molecule has 0 unspecified atom stereocenters. The minimum atomic E-state index is -0.202. The van der Waals surface area contributed by atoms with Gasteiger partial charge >= 0.3 is 0 Å². The van der Waals surface area contributed by atoms with Gasteiger partial charge < -0.3 is 5.11 Å². The number of benzene rings is 1.